The molecule has 0 heterocycles. The lowest BCUT2D eigenvalue weighted by Crippen LogP contribution is -1.96. The minimum Gasteiger partial charge on any atom is -0.402 e. The van der Waals surface area contributed by atoms with E-state index in [1.165, 1.54) is 6.20 Å². The Morgan fingerprint density at radius 3 is 2.43 bits per heavy atom. The highest BCUT2D eigenvalue weighted by Gasteiger charge is 1.71. The molecule has 0 atom stereocenters. The lowest BCUT2D eigenvalue weighted by Gasteiger charge is -1.82. The van der Waals surface area contributed by atoms with Crippen LogP contribution in [0.2, 0.25) is 0 Å². The monoisotopic (exact) mass is 99.1 g/mol. The topological polar surface area (TPSA) is 64.4 Å². The second-order valence-corrected chi connectivity index (χ2v) is 0.979. The van der Waals surface area contributed by atoms with Gasteiger partial charge in [0.1, 0.15) is 5.82 Å². The van der Waals surface area contributed by atoms with Crippen molar-refractivity contribution >= 4 is 6.21 Å². The molecule has 0 aliphatic carbocycles. The standard InChI is InChI=1S/C4H9N3/c1-2-7-4(6)3-5/h2-3H,5-6H2,1H3/b4-3+,7-2?. The number of hydrogen-bond donors (Lipinski definition) is 2. The van der Waals surface area contributed by atoms with Crippen LogP contribution in [0.3, 0.4) is 0 Å². The molecule has 3 nitrogen and oxygen atoms in total. The molecule has 0 aromatic carbocycles. The maximum atomic E-state index is 5.12. The van der Waals surface area contributed by atoms with Crippen LogP contribution in [0.5, 0.6) is 0 Å². The van der Waals surface area contributed by atoms with Gasteiger partial charge in [0.15, 0.2) is 0 Å². The van der Waals surface area contributed by atoms with Gasteiger partial charge in [-0.15, -0.1) is 0 Å². The second kappa shape index (κ2) is 3.21. The molecule has 0 spiro atoms. The van der Waals surface area contributed by atoms with E-state index in [1.807, 2.05) is 0 Å². The van der Waals surface area contributed by atoms with E-state index in [1.54, 1.807) is 13.1 Å². The van der Waals surface area contributed by atoms with E-state index in [0.29, 0.717) is 5.82 Å². The summed E-state index contributed by atoms with van der Waals surface area (Å²) in [5.74, 6) is 0.350. The van der Waals surface area contributed by atoms with Gasteiger partial charge in [0.25, 0.3) is 0 Å². The Bertz CT molecular complexity index is 93.1. The number of nitrogens with zero attached hydrogens (tertiary/aromatic N) is 1. The van der Waals surface area contributed by atoms with Gasteiger partial charge in [-0.2, -0.15) is 0 Å². The van der Waals surface area contributed by atoms with E-state index < -0.39 is 0 Å². The average molecular weight is 99.1 g/mol. The first-order chi connectivity index (χ1) is 3.31. The predicted octanol–water partition coefficient (Wildman–Crippen LogP) is -0.207. The van der Waals surface area contributed by atoms with E-state index in [9.17, 15) is 0 Å². The van der Waals surface area contributed by atoms with Gasteiger partial charge in [0.05, 0.1) is 0 Å². The van der Waals surface area contributed by atoms with Gasteiger partial charge in [-0.1, -0.05) is 0 Å². The SMILES string of the molecule is CC=N/C(N)=C/N. The van der Waals surface area contributed by atoms with Gasteiger partial charge >= 0.3 is 0 Å². The molecule has 7 heavy (non-hydrogen) atoms. The van der Waals surface area contributed by atoms with Crippen molar-refractivity contribution in [2.24, 2.45) is 16.5 Å². The summed E-state index contributed by atoms with van der Waals surface area (Å²) in [7, 11) is 0. The third kappa shape index (κ3) is 2.82. The molecule has 0 bridgehead atoms. The molecule has 0 amide bonds. The van der Waals surface area contributed by atoms with E-state index >= 15 is 0 Å². The number of rotatable bonds is 1. The summed E-state index contributed by atoms with van der Waals surface area (Å²) in [6.07, 6.45) is 2.83. The van der Waals surface area contributed by atoms with Crippen molar-refractivity contribution in [3.05, 3.63) is 12.0 Å². The number of hydrogen-bond acceptors (Lipinski definition) is 3. The minimum absolute atomic E-state index is 0.350. The molecular weight excluding hydrogens is 90.1 g/mol. The van der Waals surface area contributed by atoms with Crippen molar-refractivity contribution in [3.8, 4) is 0 Å². The van der Waals surface area contributed by atoms with Crippen molar-refractivity contribution < 1.29 is 0 Å². The van der Waals surface area contributed by atoms with Crippen LogP contribution in [0.1, 0.15) is 6.92 Å². The average Bonchev–Trinajstić information content (AvgIpc) is 1.68. The molecule has 0 unspecified atom stereocenters. The van der Waals surface area contributed by atoms with Crippen LogP contribution < -0.4 is 11.5 Å². The lowest BCUT2D eigenvalue weighted by molar-refractivity contribution is 1.22. The Labute approximate surface area is 42.7 Å². The summed E-state index contributed by atoms with van der Waals surface area (Å²) in [6.45, 7) is 1.77. The molecule has 0 aliphatic heterocycles. The van der Waals surface area contributed by atoms with Crippen LogP contribution >= 0.6 is 0 Å². The maximum absolute atomic E-state index is 5.12. The van der Waals surface area contributed by atoms with Crippen molar-refractivity contribution in [2.45, 2.75) is 6.92 Å². The lowest BCUT2D eigenvalue weighted by atomic mass is 10.7. The second-order valence-electron chi connectivity index (χ2n) is 0.979. The Hall–Kier alpha value is -0.990. The Balaban J connectivity index is 3.58. The first-order valence-electron chi connectivity index (χ1n) is 1.97. The van der Waals surface area contributed by atoms with Crippen molar-refractivity contribution in [1.82, 2.24) is 0 Å². The summed E-state index contributed by atoms with van der Waals surface area (Å²) < 4.78 is 0. The van der Waals surface area contributed by atoms with Gasteiger partial charge in [-0.25, -0.2) is 4.99 Å². The van der Waals surface area contributed by atoms with Gasteiger partial charge in [0.2, 0.25) is 0 Å². The normalized spacial score (nSPS) is 13.0. The summed E-state index contributed by atoms with van der Waals surface area (Å²) in [4.78, 5) is 3.63. The molecule has 0 saturated carbocycles. The first-order valence-corrected chi connectivity index (χ1v) is 1.97. The highest BCUT2D eigenvalue weighted by Crippen LogP contribution is 1.75. The van der Waals surface area contributed by atoms with Crippen LogP contribution in [0.4, 0.5) is 0 Å². The molecule has 0 fully saturated rings. The van der Waals surface area contributed by atoms with Crippen LogP contribution in [0.15, 0.2) is 17.0 Å². The number of aliphatic imine (C=N–C) groups is 1. The molecular formula is C4H9N3. The quantitative estimate of drug-likeness (QED) is 0.447. The largest absolute Gasteiger partial charge is 0.402 e. The smallest absolute Gasteiger partial charge is 0.138 e. The fraction of sp³-hybridized carbons (Fsp3) is 0.250. The summed E-state index contributed by atoms with van der Waals surface area (Å²) in [5.41, 5.74) is 10.1. The zero-order valence-corrected chi connectivity index (χ0v) is 4.26. The van der Waals surface area contributed by atoms with Crippen molar-refractivity contribution in [3.63, 3.8) is 0 Å². The van der Waals surface area contributed by atoms with E-state index in [2.05, 4.69) is 4.99 Å². The Morgan fingerprint density at radius 2 is 2.29 bits per heavy atom. The highest BCUT2D eigenvalue weighted by atomic mass is 14.9. The van der Waals surface area contributed by atoms with Crippen molar-refractivity contribution in [1.29, 1.82) is 0 Å². The zero-order valence-electron chi connectivity index (χ0n) is 4.26. The van der Waals surface area contributed by atoms with Crippen LogP contribution in [0.25, 0.3) is 0 Å². The number of nitrogens with two attached hydrogens (primary N) is 2. The zero-order chi connectivity index (χ0) is 5.70. The third-order valence-electron chi connectivity index (χ3n) is 0.449. The van der Waals surface area contributed by atoms with Crippen molar-refractivity contribution in [2.75, 3.05) is 0 Å². The minimum atomic E-state index is 0.350. The van der Waals surface area contributed by atoms with E-state index in [0.717, 1.165) is 0 Å². The molecule has 0 aromatic heterocycles. The molecule has 0 radical (unpaired) electrons. The van der Waals surface area contributed by atoms with Gasteiger partial charge < -0.3 is 11.5 Å². The van der Waals surface area contributed by atoms with E-state index in [-0.39, 0.29) is 0 Å². The van der Waals surface area contributed by atoms with Gasteiger partial charge in [-0.05, 0) is 6.92 Å². The molecule has 0 rings (SSSR count). The Kier molecular flexibility index (Phi) is 2.76. The highest BCUT2D eigenvalue weighted by molar-refractivity contribution is 5.54. The molecule has 0 aromatic rings. The van der Waals surface area contributed by atoms with Gasteiger partial charge in [-0.3, -0.25) is 0 Å². The maximum Gasteiger partial charge on any atom is 0.138 e. The molecule has 40 valence electrons. The van der Waals surface area contributed by atoms with Gasteiger partial charge in [0, 0.05) is 12.4 Å². The molecule has 4 N–H and O–H groups in total. The summed E-state index contributed by atoms with van der Waals surface area (Å²) in [5, 5.41) is 0. The predicted molar refractivity (Wildman–Crippen MR) is 30.6 cm³/mol. The van der Waals surface area contributed by atoms with Crippen LogP contribution in [-0.2, 0) is 0 Å². The fourth-order valence-corrected chi connectivity index (χ4v) is 0.192. The molecule has 0 aliphatic rings. The summed E-state index contributed by atoms with van der Waals surface area (Å²) >= 11 is 0. The molecule has 3 heteroatoms. The van der Waals surface area contributed by atoms with E-state index in [4.69, 9.17) is 11.5 Å². The summed E-state index contributed by atoms with van der Waals surface area (Å²) in [6, 6.07) is 0. The Morgan fingerprint density at radius 1 is 1.71 bits per heavy atom. The van der Waals surface area contributed by atoms with Crippen LogP contribution in [0, 0.1) is 0 Å². The van der Waals surface area contributed by atoms with Crippen LogP contribution in [-0.4, -0.2) is 6.21 Å². The first kappa shape index (κ1) is 6.01. The third-order valence-corrected chi connectivity index (χ3v) is 0.449. The molecule has 0 saturated heterocycles. The fourth-order valence-electron chi connectivity index (χ4n) is 0.192.